The molecule has 1 saturated carbocycles. The molecule has 1 fully saturated rings. The van der Waals surface area contributed by atoms with Gasteiger partial charge >= 0.3 is 0 Å². The first kappa shape index (κ1) is 29.3. The molecular weight excluding hydrogens is 516 g/mol. The number of aryl methyl sites for hydroxylation is 2. The molecule has 0 bridgehead atoms. The Labute approximate surface area is 243 Å². The molecule has 1 aliphatic heterocycles. The number of nitrogens with one attached hydrogen (secondary N) is 2. The van der Waals surface area contributed by atoms with Crippen LogP contribution in [0.3, 0.4) is 0 Å². The van der Waals surface area contributed by atoms with E-state index in [4.69, 9.17) is 14.2 Å². The molecule has 2 aromatic heterocycles. The van der Waals surface area contributed by atoms with Crippen molar-refractivity contribution in [2.24, 2.45) is 5.41 Å². The van der Waals surface area contributed by atoms with E-state index in [0.29, 0.717) is 30.3 Å². The van der Waals surface area contributed by atoms with Crippen molar-refractivity contribution in [3.63, 3.8) is 0 Å². The normalized spacial score (nSPS) is 19.1. The third kappa shape index (κ3) is 7.16. The summed E-state index contributed by atoms with van der Waals surface area (Å²) in [7, 11) is 0. The van der Waals surface area contributed by atoms with Crippen molar-refractivity contribution in [2.75, 3.05) is 6.54 Å². The van der Waals surface area contributed by atoms with Crippen molar-refractivity contribution in [1.82, 2.24) is 20.8 Å². The lowest BCUT2D eigenvalue weighted by molar-refractivity contribution is -0.122. The molecule has 3 atom stereocenters. The first-order valence-corrected chi connectivity index (χ1v) is 14.8. The number of aliphatic hydroxyl groups excluding tert-OH is 1. The molecule has 220 valence electrons. The Hall–Kier alpha value is -3.23. The number of carbonyl (C=O) groups is 1. The van der Waals surface area contributed by atoms with Gasteiger partial charge in [0.15, 0.2) is 0 Å². The van der Waals surface area contributed by atoms with Crippen molar-refractivity contribution in [3.8, 4) is 5.88 Å². The van der Waals surface area contributed by atoms with E-state index in [0.717, 1.165) is 48.8 Å². The van der Waals surface area contributed by atoms with Crippen molar-refractivity contribution in [3.05, 3.63) is 76.3 Å². The lowest BCUT2D eigenvalue weighted by Gasteiger charge is -2.47. The third-order valence-corrected chi connectivity index (χ3v) is 8.40. The number of ether oxygens (including phenoxy) is 1. The fraction of sp³-hybridized carbons (Fsp3) is 0.545. The molecule has 5 rings (SSSR count). The molecule has 1 aromatic carbocycles. The number of rotatable bonds is 10. The number of hydrogen-bond acceptors (Lipinski definition) is 7. The number of hydrogen-bond donors (Lipinski definition) is 3. The minimum absolute atomic E-state index is 0.0106. The number of fused-ring (bicyclic) bond motifs is 1. The molecule has 1 aliphatic carbocycles. The van der Waals surface area contributed by atoms with Crippen molar-refractivity contribution in [2.45, 2.75) is 103 Å². The number of aliphatic hydroxyl groups is 1. The average Bonchev–Trinajstić information content (AvgIpc) is 3.22. The molecule has 0 radical (unpaired) electrons. The molecule has 1 amide bonds. The van der Waals surface area contributed by atoms with Gasteiger partial charge in [0.05, 0.1) is 24.3 Å². The molecule has 3 N–H and O–H groups in total. The summed E-state index contributed by atoms with van der Waals surface area (Å²) in [5.74, 6) is 1.18. The van der Waals surface area contributed by atoms with Gasteiger partial charge in [-0.05, 0) is 68.6 Å². The third-order valence-electron chi connectivity index (χ3n) is 8.40. The van der Waals surface area contributed by atoms with Gasteiger partial charge in [-0.2, -0.15) is 0 Å². The second-order valence-corrected chi connectivity index (χ2v) is 13.2. The highest BCUT2D eigenvalue weighted by atomic mass is 16.5. The molecular formula is C33H44N4O4. The van der Waals surface area contributed by atoms with E-state index < -0.39 is 12.1 Å². The topological polar surface area (TPSA) is 110 Å². The Morgan fingerprint density at radius 2 is 1.93 bits per heavy atom. The molecule has 41 heavy (non-hydrogen) atoms. The largest absolute Gasteiger partial charge is 0.471 e. The van der Waals surface area contributed by atoms with Crippen LogP contribution in [0, 0.1) is 19.3 Å². The predicted octanol–water partition coefficient (Wildman–Crippen LogP) is 4.94. The number of pyridine rings is 1. The summed E-state index contributed by atoms with van der Waals surface area (Å²) in [5, 5.41) is 22.2. The summed E-state index contributed by atoms with van der Waals surface area (Å²) < 4.78 is 11.7. The minimum atomic E-state index is -0.807. The van der Waals surface area contributed by atoms with E-state index in [1.807, 2.05) is 50.4 Å². The Bertz CT molecular complexity index is 1320. The quantitative estimate of drug-likeness (QED) is 0.322. The van der Waals surface area contributed by atoms with Gasteiger partial charge in [-0.3, -0.25) is 4.79 Å². The molecule has 8 heteroatoms. The lowest BCUT2D eigenvalue weighted by Crippen LogP contribution is -2.52. The predicted molar refractivity (Wildman–Crippen MR) is 158 cm³/mol. The summed E-state index contributed by atoms with van der Waals surface area (Å²) in [6, 6.07) is 11.7. The van der Waals surface area contributed by atoms with Gasteiger partial charge in [-0.1, -0.05) is 56.3 Å². The van der Waals surface area contributed by atoms with E-state index >= 15 is 0 Å². The Kier molecular flexibility index (Phi) is 8.52. The molecule has 0 unspecified atom stereocenters. The van der Waals surface area contributed by atoms with E-state index in [-0.39, 0.29) is 29.4 Å². The van der Waals surface area contributed by atoms with Crippen LogP contribution in [0.1, 0.15) is 86.2 Å². The zero-order valence-electron chi connectivity index (χ0n) is 25.0. The second kappa shape index (κ2) is 11.9. The van der Waals surface area contributed by atoms with Crippen molar-refractivity contribution in [1.29, 1.82) is 0 Å². The van der Waals surface area contributed by atoms with Crippen LogP contribution in [-0.2, 0) is 24.1 Å². The summed E-state index contributed by atoms with van der Waals surface area (Å²) in [4.78, 5) is 17.9. The van der Waals surface area contributed by atoms with Crippen LogP contribution in [0.4, 0.5) is 0 Å². The smallest absolute Gasteiger partial charge is 0.224 e. The van der Waals surface area contributed by atoms with Gasteiger partial charge in [0.1, 0.15) is 11.4 Å². The Balaban J connectivity index is 1.32. The minimum Gasteiger partial charge on any atom is -0.471 e. The number of nitrogens with zero attached hydrogens (tertiary/aromatic N) is 2. The van der Waals surface area contributed by atoms with Gasteiger partial charge in [0.25, 0.3) is 0 Å². The summed E-state index contributed by atoms with van der Waals surface area (Å²) >= 11 is 0. The molecule has 3 heterocycles. The monoisotopic (exact) mass is 560 g/mol. The molecule has 8 nitrogen and oxygen atoms in total. The lowest BCUT2D eigenvalue weighted by atomic mass is 9.73. The number of carbonyl (C=O) groups excluding carboxylic acids is 1. The van der Waals surface area contributed by atoms with Crippen LogP contribution in [0.15, 0.2) is 47.1 Å². The SMILES string of the molecule is Cc1noc(C)c1CC(=O)N[C@@H](Cc1ccccc1)[C@@H](O)CN[C@H]1CC2(CCC2)Oc2ncc(CC(C)(C)C)cc21. The first-order chi connectivity index (χ1) is 19.5. The summed E-state index contributed by atoms with van der Waals surface area (Å²) in [6.45, 7) is 10.7. The zero-order chi connectivity index (χ0) is 29.2. The van der Waals surface area contributed by atoms with Gasteiger partial charge in [-0.15, -0.1) is 0 Å². The van der Waals surface area contributed by atoms with Crippen LogP contribution < -0.4 is 15.4 Å². The van der Waals surface area contributed by atoms with Crippen molar-refractivity contribution >= 4 is 5.91 Å². The maximum absolute atomic E-state index is 13.1. The maximum atomic E-state index is 13.1. The van der Waals surface area contributed by atoms with E-state index in [1.165, 1.54) is 5.56 Å². The number of aromatic nitrogens is 2. The van der Waals surface area contributed by atoms with Crippen LogP contribution in [0.25, 0.3) is 0 Å². The fourth-order valence-electron chi connectivity index (χ4n) is 6.08. The van der Waals surface area contributed by atoms with Crippen LogP contribution in [-0.4, -0.2) is 45.4 Å². The van der Waals surface area contributed by atoms with Crippen molar-refractivity contribution < 1.29 is 19.2 Å². The molecule has 0 saturated heterocycles. The van der Waals surface area contributed by atoms with E-state index in [2.05, 4.69) is 42.6 Å². The first-order valence-electron chi connectivity index (χ1n) is 14.8. The van der Waals surface area contributed by atoms with Crippen LogP contribution in [0.5, 0.6) is 5.88 Å². The van der Waals surface area contributed by atoms with Gasteiger partial charge < -0.3 is 25.0 Å². The standard InChI is InChI=1S/C33H44N4O4/c1-21-25(22(2)41-37-21)16-30(39)36-27(15-23-10-7-6-8-11-23)29(38)20-34-28-18-33(12-9-13-33)40-31-26(28)14-24(19-35-31)17-32(3,4)5/h6-8,10-11,14,19,27-29,34,38H,9,12-13,15-18,20H2,1-5H3,(H,36,39)/t27-,28-,29-/m0/s1. The fourth-order valence-corrected chi connectivity index (χ4v) is 6.08. The highest BCUT2D eigenvalue weighted by molar-refractivity contribution is 5.79. The van der Waals surface area contributed by atoms with E-state index in [1.54, 1.807) is 0 Å². The van der Waals surface area contributed by atoms with Gasteiger partial charge in [-0.25, -0.2) is 4.98 Å². The van der Waals surface area contributed by atoms with Gasteiger partial charge in [0.2, 0.25) is 11.8 Å². The zero-order valence-corrected chi connectivity index (χ0v) is 25.0. The number of amides is 1. The Morgan fingerprint density at radius 3 is 2.56 bits per heavy atom. The summed E-state index contributed by atoms with van der Waals surface area (Å²) in [5.41, 5.74) is 4.75. The van der Waals surface area contributed by atoms with Crippen LogP contribution in [0.2, 0.25) is 0 Å². The Morgan fingerprint density at radius 1 is 1.17 bits per heavy atom. The van der Waals surface area contributed by atoms with Crippen LogP contribution >= 0.6 is 0 Å². The maximum Gasteiger partial charge on any atom is 0.224 e. The molecule has 2 aliphatic rings. The highest BCUT2D eigenvalue weighted by Gasteiger charge is 2.46. The van der Waals surface area contributed by atoms with Gasteiger partial charge in [0, 0.05) is 36.3 Å². The average molecular weight is 561 g/mol. The molecule has 1 spiro atoms. The molecule has 3 aromatic rings. The summed E-state index contributed by atoms with van der Waals surface area (Å²) in [6.07, 6.45) is 6.77. The van der Waals surface area contributed by atoms with E-state index in [9.17, 15) is 9.90 Å². The number of benzene rings is 1. The highest BCUT2D eigenvalue weighted by Crippen LogP contribution is 2.48. The second-order valence-electron chi connectivity index (χ2n) is 13.2.